The molecule has 2 aromatic heterocycles. The second-order valence-corrected chi connectivity index (χ2v) is 6.97. The Hall–Kier alpha value is -4.01. The standard InChI is InChI=1S/C21H20N6O3/c1-2-17(28)23-15-6-3-13(4-7-15)20(30)27-10-9-16(12-27)24-21-22-11-14-5-8-18(29)25-19(14)26-21/h2-8,11,16H,1,9-10,12H2,(H,23,28)(H2,22,24,25,26,29). The highest BCUT2D eigenvalue weighted by Gasteiger charge is 2.27. The predicted molar refractivity (Wildman–Crippen MR) is 113 cm³/mol. The fourth-order valence-corrected chi connectivity index (χ4v) is 3.32. The average molecular weight is 404 g/mol. The van der Waals surface area contributed by atoms with E-state index in [-0.39, 0.29) is 23.4 Å². The summed E-state index contributed by atoms with van der Waals surface area (Å²) in [5, 5.41) is 6.63. The van der Waals surface area contributed by atoms with Crippen LogP contribution in [0.3, 0.4) is 0 Å². The molecule has 1 fully saturated rings. The van der Waals surface area contributed by atoms with E-state index < -0.39 is 0 Å². The van der Waals surface area contributed by atoms with Crippen LogP contribution in [0, 0.1) is 0 Å². The lowest BCUT2D eigenvalue weighted by molar-refractivity contribution is -0.111. The zero-order chi connectivity index (χ0) is 21.1. The number of likely N-dealkylation sites (tertiary alicyclic amines) is 1. The van der Waals surface area contributed by atoms with Crippen LogP contribution in [0.4, 0.5) is 11.6 Å². The van der Waals surface area contributed by atoms with Crippen molar-refractivity contribution in [2.45, 2.75) is 12.5 Å². The van der Waals surface area contributed by atoms with Gasteiger partial charge in [0.15, 0.2) is 0 Å². The summed E-state index contributed by atoms with van der Waals surface area (Å²) in [6.07, 6.45) is 3.59. The number of nitrogens with zero attached hydrogens (tertiary/aromatic N) is 3. The van der Waals surface area contributed by atoms with Crippen LogP contribution in [0.15, 0.2) is 60.0 Å². The first kappa shape index (κ1) is 19.3. The lowest BCUT2D eigenvalue weighted by Gasteiger charge is -2.17. The van der Waals surface area contributed by atoms with Gasteiger partial charge in [-0.05, 0) is 42.8 Å². The summed E-state index contributed by atoms with van der Waals surface area (Å²) >= 11 is 0. The zero-order valence-electron chi connectivity index (χ0n) is 16.1. The van der Waals surface area contributed by atoms with E-state index in [9.17, 15) is 14.4 Å². The SMILES string of the molecule is C=CC(=O)Nc1ccc(C(=O)N2CCC(Nc3ncc4ccc(=O)[nH]c4n3)C2)cc1. The Morgan fingerprint density at radius 2 is 2.00 bits per heavy atom. The molecule has 1 atom stereocenters. The molecule has 1 saturated heterocycles. The van der Waals surface area contributed by atoms with Gasteiger partial charge in [0.1, 0.15) is 5.65 Å². The fourth-order valence-electron chi connectivity index (χ4n) is 3.32. The molecule has 3 aromatic rings. The van der Waals surface area contributed by atoms with Crippen molar-refractivity contribution >= 4 is 34.5 Å². The van der Waals surface area contributed by atoms with Crippen LogP contribution < -0.4 is 16.2 Å². The van der Waals surface area contributed by atoms with Crippen molar-refractivity contribution in [3.63, 3.8) is 0 Å². The quantitative estimate of drug-likeness (QED) is 0.558. The molecular weight excluding hydrogens is 384 g/mol. The summed E-state index contributed by atoms with van der Waals surface area (Å²) < 4.78 is 0. The van der Waals surface area contributed by atoms with E-state index in [1.807, 2.05) is 0 Å². The van der Waals surface area contributed by atoms with Gasteiger partial charge in [0.2, 0.25) is 17.4 Å². The van der Waals surface area contributed by atoms with Gasteiger partial charge in [-0.2, -0.15) is 4.98 Å². The lowest BCUT2D eigenvalue weighted by atomic mass is 10.2. The van der Waals surface area contributed by atoms with Gasteiger partial charge in [0.05, 0.1) is 0 Å². The highest BCUT2D eigenvalue weighted by Crippen LogP contribution is 2.18. The van der Waals surface area contributed by atoms with Crippen LogP contribution in [-0.2, 0) is 4.79 Å². The molecule has 0 saturated carbocycles. The number of carbonyl (C=O) groups excluding carboxylic acids is 2. The van der Waals surface area contributed by atoms with Crippen LogP contribution in [0.1, 0.15) is 16.8 Å². The topological polar surface area (TPSA) is 120 Å². The molecule has 1 unspecified atom stereocenters. The number of aromatic nitrogens is 3. The van der Waals surface area contributed by atoms with Gasteiger partial charge in [-0.15, -0.1) is 0 Å². The highest BCUT2D eigenvalue weighted by molar-refractivity contribution is 5.99. The number of benzene rings is 1. The Morgan fingerprint density at radius 3 is 2.77 bits per heavy atom. The number of anilines is 2. The summed E-state index contributed by atoms with van der Waals surface area (Å²) in [7, 11) is 0. The molecule has 0 radical (unpaired) electrons. The largest absolute Gasteiger partial charge is 0.350 e. The molecule has 0 bridgehead atoms. The third-order valence-corrected chi connectivity index (χ3v) is 4.87. The fraction of sp³-hybridized carbons (Fsp3) is 0.190. The highest BCUT2D eigenvalue weighted by atomic mass is 16.2. The van der Waals surface area contributed by atoms with E-state index in [2.05, 4.69) is 32.2 Å². The second-order valence-electron chi connectivity index (χ2n) is 6.97. The van der Waals surface area contributed by atoms with E-state index in [1.54, 1.807) is 41.4 Å². The van der Waals surface area contributed by atoms with Gasteiger partial charge in [-0.3, -0.25) is 14.4 Å². The van der Waals surface area contributed by atoms with E-state index in [0.29, 0.717) is 35.9 Å². The molecule has 1 aliphatic rings. The Bertz CT molecular complexity index is 1170. The molecule has 9 nitrogen and oxygen atoms in total. The van der Waals surface area contributed by atoms with Crippen molar-refractivity contribution in [2.24, 2.45) is 0 Å². The monoisotopic (exact) mass is 404 g/mol. The summed E-state index contributed by atoms with van der Waals surface area (Å²) in [4.78, 5) is 48.7. The molecule has 30 heavy (non-hydrogen) atoms. The second kappa shape index (κ2) is 8.16. The summed E-state index contributed by atoms with van der Waals surface area (Å²) in [6, 6.07) is 9.85. The Balaban J connectivity index is 1.39. The lowest BCUT2D eigenvalue weighted by Crippen LogP contribution is -2.31. The number of aromatic amines is 1. The van der Waals surface area contributed by atoms with Gasteiger partial charge in [-0.25, -0.2) is 4.98 Å². The zero-order valence-corrected chi connectivity index (χ0v) is 16.1. The first-order chi connectivity index (χ1) is 14.5. The molecule has 4 rings (SSSR count). The molecule has 2 amide bonds. The van der Waals surface area contributed by atoms with Crippen molar-refractivity contribution in [3.05, 3.63) is 71.2 Å². The number of pyridine rings is 1. The minimum atomic E-state index is -0.303. The van der Waals surface area contributed by atoms with Crippen molar-refractivity contribution < 1.29 is 9.59 Å². The maximum Gasteiger partial charge on any atom is 0.253 e. The van der Waals surface area contributed by atoms with E-state index in [4.69, 9.17) is 0 Å². The van der Waals surface area contributed by atoms with Crippen molar-refractivity contribution in [2.75, 3.05) is 23.7 Å². The first-order valence-electron chi connectivity index (χ1n) is 9.47. The summed E-state index contributed by atoms with van der Waals surface area (Å²) in [6.45, 7) is 4.53. The third-order valence-electron chi connectivity index (χ3n) is 4.87. The molecule has 152 valence electrons. The molecule has 3 N–H and O–H groups in total. The average Bonchev–Trinajstić information content (AvgIpc) is 3.22. The number of amides is 2. The normalized spacial score (nSPS) is 15.7. The van der Waals surface area contributed by atoms with E-state index >= 15 is 0 Å². The van der Waals surface area contributed by atoms with Crippen LogP contribution in [0.25, 0.3) is 11.0 Å². The number of H-pyrrole nitrogens is 1. The maximum absolute atomic E-state index is 12.8. The number of hydrogen-bond acceptors (Lipinski definition) is 6. The summed E-state index contributed by atoms with van der Waals surface area (Å²) in [5.41, 5.74) is 1.39. The Labute approximate surface area is 171 Å². The molecule has 1 aliphatic heterocycles. The van der Waals surface area contributed by atoms with Crippen LogP contribution >= 0.6 is 0 Å². The number of nitrogens with one attached hydrogen (secondary N) is 3. The number of fused-ring (bicyclic) bond motifs is 1. The molecule has 0 aliphatic carbocycles. The van der Waals surface area contributed by atoms with Crippen molar-refractivity contribution in [1.29, 1.82) is 0 Å². The van der Waals surface area contributed by atoms with E-state index in [1.165, 1.54) is 12.1 Å². The number of rotatable bonds is 5. The molecule has 9 heteroatoms. The molecular formula is C21H20N6O3. The Kier molecular flexibility index (Phi) is 5.25. The maximum atomic E-state index is 12.8. The summed E-state index contributed by atoms with van der Waals surface area (Å²) in [5.74, 6) is 0.0261. The minimum Gasteiger partial charge on any atom is -0.350 e. The smallest absolute Gasteiger partial charge is 0.253 e. The van der Waals surface area contributed by atoms with Crippen molar-refractivity contribution in [1.82, 2.24) is 19.9 Å². The number of hydrogen-bond donors (Lipinski definition) is 3. The molecule has 1 aromatic carbocycles. The van der Waals surface area contributed by atoms with Crippen LogP contribution in [-0.4, -0.2) is 50.8 Å². The van der Waals surface area contributed by atoms with Gasteiger partial charge in [0.25, 0.3) is 5.91 Å². The van der Waals surface area contributed by atoms with Crippen LogP contribution in [0.5, 0.6) is 0 Å². The van der Waals surface area contributed by atoms with Gasteiger partial charge >= 0.3 is 0 Å². The molecule has 0 spiro atoms. The first-order valence-corrected chi connectivity index (χ1v) is 9.47. The predicted octanol–water partition coefficient (Wildman–Crippen LogP) is 1.77. The number of carbonyl (C=O) groups is 2. The van der Waals surface area contributed by atoms with Crippen LogP contribution in [0.2, 0.25) is 0 Å². The third kappa shape index (κ3) is 4.19. The van der Waals surface area contributed by atoms with E-state index in [0.717, 1.165) is 11.8 Å². The molecule has 3 heterocycles. The van der Waals surface area contributed by atoms with Gasteiger partial charge in [0, 0.05) is 48.0 Å². The van der Waals surface area contributed by atoms with Crippen molar-refractivity contribution in [3.8, 4) is 0 Å². The van der Waals surface area contributed by atoms with Gasteiger partial charge < -0.3 is 20.5 Å². The minimum absolute atomic E-state index is 0.00740. The Morgan fingerprint density at radius 1 is 1.20 bits per heavy atom. The van der Waals surface area contributed by atoms with Gasteiger partial charge in [-0.1, -0.05) is 6.58 Å².